The number of aromatic nitrogens is 2. The molecule has 0 unspecified atom stereocenters. The number of amides is 1. The molecule has 0 atom stereocenters. The third-order valence-corrected chi connectivity index (χ3v) is 3.33. The molecule has 1 fully saturated rings. The third kappa shape index (κ3) is 3.16. The minimum atomic E-state index is -4.35. The molecular weight excluding hydrogens is 299 g/mol. The average Bonchev–Trinajstić information content (AvgIpc) is 2.43. The normalized spacial score (nSPS) is 15.9. The van der Waals surface area contributed by atoms with Crippen molar-refractivity contribution in [2.75, 3.05) is 19.7 Å². The van der Waals surface area contributed by atoms with E-state index in [-0.39, 0.29) is 19.0 Å². The zero-order chi connectivity index (χ0) is 15.7. The number of halogens is 3. The summed E-state index contributed by atoms with van der Waals surface area (Å²) < 4.78 is 40.8. The van der Waals surface area contributed by atoms with Crippen LogP contribution in [-0.2, 0) is 4.74 Å². The smallest absolute Gasteiger partial charge is 0.365 e. The third-order valence-electron chi connectivity index (χ3n) is 3.33. The summed E-state index contributed by atoms with van der Waals surface area (Å²) in [5, 5.41) is 0. The minimum Gasteiger partial charge on any atom is -0.365 e. The van der Waals surface area contributed by atoms with Gasteiger partial charge in [-0.05, 0) is 18.2 Å². The van der Waals surface area contributed by atoms with Gasteiger partial charge in [-0.1, -0.05) is 0 Å². The van der Waals surface area contributed by atoms with Gasteiger partial charge in [-0.2, -0.15) is 13.2 Å². The number of likely N-dealkylation sites (tertiary alicyclic amines) is 1. The summed E-state index contributed by atoms with van der Waals surface area (Å²) in [7, 11) is 0. The van der Waals surface area contributed by atoms with Gasteiger partial charge in [0.25, 0.3) is 5.91 Å². The van der Waals surface area contributed by atoms with E-state index in [1.54, 1.807) is 24.4 Å². The summed E-state index contributed by atoms with van der Waals surface area (Å²) in [5.41, 5.74) is 1.70. The Labute approximate surface area is 123 Å². The number of hydrogen-bond acceptors (Lipinski definition) is 4. The van der Waals surface area contributed by atoms with Gasteiger partial charge >= 0.3 is 6.18 Å². The summed E-state index contributed by atoms with van der Waals surface area (Å²) in [6.45, 7) is -0.966. The lowest BCUT2D eigenvalue weighted by Gasteiger charge is -2.39. The molecule has 1 aromatic heterocycles. The van der Waals surface area contributed by atoms with Gasteiger partial charge < -0.3 is 9.64 Å². The van der Waals surface area contributed by atoms with Crippen molar-refractivity contribution in [3.05, 3.63) is 36.2 Å². The van der Waals surface area contributed by atoms with E-state index in [1.807, 2.05) is 0 Å². The van der Waals surface area contributed by atoms with Crippen LogP contribution in [0.2, 0.25) is 0 Å². The summed E-state index contributed by atoms with van der Waals surface area (Å²) in [6.07, 6.45) is -1.82. The maximum Gasteiger partial charge on any atom is 0.411 e. The van der Waals surface area contributed by atoms with Crippen LogP contribution < -0.4 is 0 Å². The molecular formula is C14H12F3N3O2. The molecule has 3 rings (SSSR count). The van der Waals surface area contributed by atoms with Crippen LogP contribution in [-0.4, -0.2) is 52.8 Å². The Kier molecular flexibility index (Phi) is 3.69. The van der Waals surface area contributed by atoms with E-state index in [9.17, 15) is 18.0 Å². The number of rotatable bonds is 3. The van der Waals surface area contributed by atoms with Crippen LogP contribution in [0.25, 0.3) is 11.0 Å². The number of benzene rings is 1. The van der Waals surface area contributed by atoms with Crippen LogP contribution in [0.5, 0.6) is 0 Å². The van der Waals surface area contributed by atoms with Crippen molar-refractivity contribution in [3.63, 3.8) is 0 Å². The highest BCUT2D eigenvalue weighted by molar-refractivity contribution is 5.97. The van der Waals surface area contributed by atoms with Gasteiger partial charge in [0, 0.05) is 31.0 Å². The fourth-order valence-corrected chi connectivity index (χ4v) is 2.20. The van der Waals surface area contributed by atoms with Crippen molar-refractivity contribution < 1.29 is 22.7 Å². The van der Waals surface area contributed by atoms with Gasteiger partial charge in [-0.25, -0.2) is 0 Å². The zero-order valence-corrected chi connectivity index (χ0v) is 11.4. The lowest BCUT2D eigenvalue weighted by Crippen LogP contribution is -2.55. The molecule has 0 radical (unpaired) electrons. The topological polar surface area (TPSA) is 55.3 Å². The largest absolute Gasteiger partial charge is 0.411 e. The lowest BCUT2D eigenvalue weighted by molar-refractivity contribution is -0.196. The Morgan fingerprint density at radius 1 is 1.23 bits per heavy atom. The number of carbonyl (C=O) groups excluding carboxylic acids is 1. The minimum absolute atomic E-state index is 0.160. The van der Waals surface area contributed by atoms with Crippen LogP contribution in [0.3, 0.4) is 0 Å². The van der Waals surface area contributed by atoms with E-state index in [2.05, 4.69) is 14.7 Å². The van der Waals surface area contributed by atoms with E-state index in [1.165, 1.54) is 11.1 Å². The van der Waals surface area contributed by atoms with E-state index in [0.29, 0.717) is 16.6 Å². The SMILES string of the molecule is O=C(c1ccc2nccnc2c1)N1CC(OCC(F)(F)F)C1. The quantitative estimate of drug-likeness (QED) is 0.870. The predicted molar refractivity (Wildman–Crippen MR) is 71.2 cm³/mol. The molecule has 1 aliphatic heterocycles. The molecule has 22 heavy (non-hydrogen) atoms. The Bertz CT molecular complexity index is 699. The molecule has 1 amide bonds. The summed E-state index contributed by atoms with van der Waals surface area (Å²) in [4.78, 5) is 21.9. The van der Waals surface area contributed by atoms with Crippen LogP contribution >= 0.6 is 0 Å². The molecule has 1 aliphatic rings. The fourth-order valence-electron chi connectivity index (χ4n) is 2.20. The molecule has 0 spiro atoms. The Morgan fingerprint density at radius 2 is 1.91 bits per heavy atom. The van der Waals surface area contributed by atoms with E-state index in [0.717, 1.165) is 0 Å². The van der Waals surface area contributed by atoms with Crippen molar-refractivity contribution in [2.24, 2.45) is 0 Å². The van der Waals surface area contributed by atoms with Crippen LogP contribution in [0.1, 0.15) is 10.4 Å². The van der Waals surface area contributed by atoms with E-state index in [4.69, 9.17) is 0 Å². The van der Waals surface area contributed by atoms with Crippen LogP contribution in [0, 0.1) is 0 Å². The first kappa shape index (κ1) is 14.7. The van der Waals surface area contributed by atoms with Crippen LogP contribution in [0.15, 0.2) is 30.6 Å². The van der Waals surface area contributed by atoms with Crippen molar-refractivity contribution in [3.8, 4) is 0 Å². The zero-order valence-electron chi connectivity index (χ0n) is 11.4. The molecule has 116 valence electrons. The highest BCUT2D eigenvalue weighted by Gasteiger charge is 2.36. The van der Waals surface area contributed by atoms with Crippen molar-refractivity contribution in [2.45, 2.75) is 12.3 Å². The molecule has 2 heterocycles. The van der Waals surface area contributed by atoms with Crippen molar-refractivity contribution in [1.82, 2.24) is 14.9 Å². The first-order valence-electron chi connectivity index (χ1n) is 6.61. The molecule has 1 aromatic carbocycles. The van der Waals surface area contributed by atoms with Crippen LogP contribution in [0.4, 0.5) is 13.2 Å². The molecule has 2 aromatic rings. The standard InChI is InChI=1S/C14H12F3N3O2/c15-14(16,17)8-22-10-6-20(7-10)13(21)9-1-2-11-12(5-9)19-4-3-18-11/h1-5,10H,6-8H2. The summed E-state index contributed by atoms with van der Waals surface area (Å²) in [6, 6.07) is 4.94. The molecule has 8 heteroatoms. The second-order valence-electron chi connectivity index (χ2n) is 5.02. The Hall–Kier alpha value is -2.22. The Balaban J connectivity index is 1.60. The average molecular weight is 311 g/mol. The highest BCUT2D eigenvalue weighted by Crippen LogP contribution is 2.21. The highest BCUT2D eigenvalue weighted by atomic mass is 19.4. The summed E-state index contributed by atoms with van der Waals surface area (Å²) in [5.74, 6) is -0.251. The van der Waals surface area contributed by atoms with E-state index >= 15 is 0 Å². The molecule has 0 N–H and O–H groups in total. The van der Waals surface area contributed by atoms with Gasteiger partial charge in [-0.15, -0.1) is 0 Å². The van der Waals surface area contributed by atoms with Gasteiger partial charge in [0.15, 0.2) is 0 Å². The second-order valence-corrected chi connectivity index (χ2v) is 5.02. The second kappa shape index (κ2) is 5.53. The first-order valence-corrected chi connectivity index (χ1v) is 6.61. The number of hydrogen-bond donors (Lipinski definition) is 0. The van der Waals surface area contributed by atoms with E-state index < -0.39 is 18.9 Å². The van der Waals surface area contributed by atoms with Gasteiger partial charge in [0.05, 0.1) is 17.1 Å². The number of nitrogens with zero attached hydrogens (tertiary/aromatic N) is 3. The lowest BCUT2D eigenvalue weighted by atomic mass is 10.1. The molecule has 5 nitrogen and oxygen atoms in total. The monoisotopic (exact) mass is 311 g/mol. The number of carbonyl (C=O) groups is 1. The molecule has 0 saturated carbocycles. The van der Waals surface area contributed by atoms with Crippen molar-refractivity contribution in [1.29, 1.82) is 0 Å². The van der Waals surface area contributed by atoms with Gasteiger partial charge in [-0.3, -0.25) is 14.8 Å². The van der Waals surface area contributed by atoms with Gasteiger partial charge in [0.2, 0.25) is 0 Å². The van der Waals surface area contributed by atoms with Gasteiger partial charge in [0.1, 0.15) is 6.61 Å². The first-order chi connectivity index (χ1) is 10.4. The number of ether oxygens (including phenoxy) is 1. The number of alkyl halides is 3. The fraction of sp³-hybridized carbons (Fsp3) is 0.357. The predicted octanol–water partition coefficient (Wildman–Crippen LogP) is 2.03. The number of fused-ring (bicyclic) bond motifs is 1. The molecule has 0 aliphatic carbocycles. The summed E-state index contributed by atoms with van der Waals surface area (Å²) >= 11 is 0. The maximum absolute atomic E-state index is 12.2. The van der Waals surface area contributed by atoms with Crippen molar-refractivity contribution >= 4 is 16.9 Å². The molecule has 1 saturated heterocycles. The maximum atomic E-state index is 12.2. The Morgan fingerprint density at radius 3 is 2.59 bits per heavy atom. The molecule has 0 bridgehead atoms.